The number of aromatic nitrogens is 2. The molecule has 1 unspecified atom stereocenters. The van der Waals surface area contributed by atoms with Crippen LogP contribution in [0, 0.1) is 5.92 Å². The summed E-state index contributed by atoms with van der Waals surface area (Å²) in [7, 11) is 2.17. The van der Waals surface area contributed by atoms with Crippen molar-refractivity contribution in [2.45, 2.75) is 38.0 Å². The number of aryl methyl sites for hydroxylation is 1. The number of fused-ring (bicyclic) bond motifs is 1. The van der Waals surface area contributed by atoms with E-state index in [9.17, 15) is 0 Å². The Bertz CT molecular complexity index is 782. The van der Waals surface area contributed by atoms with Gasteiger partial charge in [-0.25, -0.2) is 4.98 Å². The fourth-order valence-electron chi connectivity index (χ4n) is 4.20. The molecule has 1 aliphatic carbocycles. The van der Waals surface area contributed by atoms with E-state index in [0.717, 1.165) is 5.52 Å². The maximum atomic E-state index is 5.03. The third kappa shape index (κ3) is 2.67. The monoisotopic (exact) mass is 304 g/mol. The van der Waals surface area contributed by atoms with Gasteiger partial charge in [0.15, 0.2) is 0 Å². The molecule has 1 saturated carbocycles. The van der Waals surface area contributed by atoms with E-state index in [1.54, 1.807) is 0 Å². The highest BCUT2D eigenvalue weighted by Crippen LogP contribution is 2.40. The molecule has 1 aromatic heterocycles. The van der Waals surface area contributed by atoms with E-state index in [4.69, 9.17) is 4.98 Å². The topological polar surface area (TPSA) is 17.8 Å². The first-order valence-corrected chi connectivity index (χ1v) is 8.81. The lowest BCUT2D eigenvalue weighted by Crippen LogP contribution is -2.20. The van der Waals surface area contributed by atoms with Gasteiger partial charge in [0.25, 0.3) is 0 Å². The molecule has 0 bridgehead atoms. The molecule has 0 amide bonds. The molecule has 1 aliphatic rings. The summed E-state index contributed by atoms with van der Waals surface area (Å²) in [6, 6.07) is 19.5. The summed E-state index contributed by atoms with van der Waals surface area (Å²) in [6.07, 6.45) is 6.75. The van der Waals surface area contributed by atoms with Crippen LogP contribution >= 0.6 is 0 Å². The van der Waals surface area contributed by atoms with Crippen molar-refractivity contribution in [1.29, 1.82) is 0 Å². The van der Waals surface area contributed by atoms with E-state index < -0.39 is 0 Å². The van der Waals surface area contributed by atoms with Crippen LogP contribution in [-0.2, 0) is 7.05 Å². The highest BCUT2D eigenvalue weighted by atomic mass is 15.1. The van der Waals surface area contributed by atoms with Gasteiger partial charge in [0.05, 0.1) is 11.0 Å². The van der Waals surface area contributed by atoms with E-state index in [1.807, 2.05) is 0 Å². The van der Waals surface area contributed by atoms with E-state index in [2.05, 4.69) is 66.2 Å². The minimum atomic E-state index is 0.411. The Morgan fingerprint density at radius 1 is 0.913 bits per heavy atom. The molecule has 0 radical (unpaired) electrons. The zero-order chi connectivity index (χ0) is 15.6. The maximum absolute atomic E-state index is 5.03. The van der Waals surface area contributed by atoms with Crippen molar-refractivity contribution in [3.8, 4) is 0 Å². The Morgan fingerprint density at radius 2 is 1.61 bits per heavy atom. The van der Waals surface area contributed by atoms with Gasteiger partial charge in [-0.05, 0) is 36.5 Å². The predicted molar refractivity (Wildman–Crippen MR) is 95.6 cm³/mol. The minimum absolute atomic E-state index is 0.411. The zero-order valence-electron chi connectivity index (χ0n) is 13.8. The highest BCUT2D eigenvalue weighted by Gasteiger charge is 2.30. The second-order valence-electron chi connectivity index (χ2n) is 6.80. The second kappa shape index (κ2) is 6.19. The van der Waals surface area contributed by atoms with Crippen molar-refractivity contribution < 1.29 is 0 Å². The van der Waals surface area contributed by atoms with E-state index in [-0.39, 0.29) is 0 Å². The lowest BCUT2D eigenvalue weighted by atomic mass is 9.76. The fraction of sp³-hybridized carbons (Fsp3) is 0.381. The van der Waals surface area contributed by atoms with E-state index >= 15 is 0 Å². The molecule has 2 aromatic carbocycles. The summed E-state index contributed by atoms with van der Waals surface area (Å²) in [5.41, 5.74) is 3.76. The van der Waals surface area contributed by atoms with Gasteiger partial charge in [-0.1, -0.05) is 61.7 Å². The molecule has 1 fully saturated rings. The molecule has 0 spiro atoms. The fourth-order valence-corrected chi connectivity index (χ4v) is 4.20. The quantitative estimate of drug-likeness (QED) is 0.643. The summed E-state index contributed by atoms with van der Waals surface area (Å²) in [6.45, 7) is 0. The van der Waals surface area contributed by atoms with Crippen molar-refractivity contribution >= 4 is 11.0 Å². The molecule has 23 heavy (non-hydrogen) atoms. The molecule has 0 N–H and O–H groups in total. The Hall–Kier alpha value is -2.09. The number of rotatable bonds is 3. The highest BCUT2D eigenvalue weighted by molar-refractivity contribution is 5.76. The molecular weight excluding hydrogens is 280 g/mol. The summed E-state index contributed by atoms with van der Waals surface area (Å²) < 4.78 is 2.31. The Labute approximate surface area is 138 Å². The Kier molecular flexibility index (Phi) is 3.90. The molecule has 1 atom stereocenters. The predicted octanol–water partition coefficient (Wildman–Crippen LogP) is 5.29. The van der Waals surface area contributed by atoms with Crippen LogP contribution in [0.5, 0.6) is 0 Å². The molecule has 1 heterocycles. The lowest BCUT2D eigenvalue weighted by Gasteiger charge is -2.30. The summed E-state index contributed by atoms with van der Waals surface area (Å²) >= 11 is 0. The Balaban J connectivity index is 1.84. The van der Waals surface area contributed by atoms with Crippen molar-refractivity contribution in [3.63, 3.8) is 0 Å². The molecule has 2 nitrogen and oxygen atoms in total. The van der Waals surface area contributed by atoms with Crippen LogP contribution in [0.4, 0.5) is 0 Å². The number of para-hydroxylation sites is 2. The molecule has 0 aliphatic heterocycles. The third-order valence-electron chi connectivity index (χ3n) is 5.38. The van der Waals surface area contributed by atoms with Gasteiger partial charge < -0.3 is 4.57 Å². The van der Waals surface area contributed by atoms with Crippen molar-refractivity contribution in [3.05, 3.63) is 66.0 Å². The number of hydrogen-bond donors (Lipinski definition) is 0. The van der Waals surface area contributed by atoms with Gasteiger partial charge >= 0.3 is 0 Å². The van der Waals surface area contributed by atoms with Crippen LogP contribution in [0.15, 0.2) is 54.6 Å². The molecule has 3 aromatic rings. The van der Waals surface area contributed by atoms with Gasteiger partial charge in [-0.3, -0.25) is 0 Å². The SMILES string of the molecule is Cn1c(C(c2ccccc2)C2CCCCC2)nc2ccccc21. The molecule has 2 heteroatoms. The first kappa shape index (κ1) is 14.5. The van der Waals surface area contributed by atoms with Crippen LogP contribution in [0.25, 0.3) is 11.0 Å². The van der Waals surface area contributed by atoms with Crippen LogP contribution in [0.1, 0.15) is 49.4 Å². The van der Waals surface area contributed by atoms with Gasteiger partial charge in [0, 0.05) is 13.0 Å². The first-order valence-electron chi connectivity index (χ1n) is 8.81. The van der Waals surface area contributed by atoms with E-state index in [1.165, 1.54) is 49.0 Å². The number of hydrogen-bond acceptors (Lipinski definition) is 1. The van der Waals surface area contributed by atoms with Crippen LogP contribution in [0.2, 0.25) is 0 Å². The standard InChI is InChI=1S/C21H24N2/c1-23-19-15-9-8-14-18(19)22-21(23)20(16-10-4-2-5-11-16)17-12-6-3-7-13-17/h2,4-5,8-11,14-15,17,20H,3,6-7,12-13H2,1H3. The van der Waals surface area contributed by atoms with Crippen LogP contribution < -0.4 is 0 Å². The average molecular weight is 304 g/mol. The normalized spacial score (nSPS) is 17.4. The summed E-state index contributed by atoms with van der Waals surface area (Å²) in [5.74, 6) is 2.35. The number of benzene rings is 2. The molecule has 118 valence electrons. The third-order valence-corrected chi connectivity index (χ3v) is 5.38. The van der Waals surface area contributed by atoms with Gasteiger partial charge in [-0.15, -0.1) is 0 Å². The van der Waals surface area contributed by atoms with Crippen molar-refractivity contribution in [1.82, 2.24) is 9.55 Å². The minimum Gasteiger partial charge on any atom is -0.331 e. The average Bonchev–Trinajstić information content (AvgIpc) is 2.94. The summed E-state index contributed by atoms with van der Waals surface area (Å²) in [4.78, 5) is 5.03. The number of imidazole rings is 1. The van der Waals surface area contributed by atoms with Crippen molar-refractivity contribution in [2.75, 3.05) is 0 Å². The molecular formula is C21H24N2. The lowest BCUT2D eigenvalue weighted by molar-refractivity contribution is 0.318. The maximum Gasteiger partial charge on any atom is 0.117 e. The number of nitrogens with zero attached hydrogens (tertiary/aromatic N) is 2. The smallest absolute Gasteiger partial charge is 0.117 e. The van der Waals surface area contributed by atoms with Crippen LogP contribution in [0.3, 0.4) is 0 Å². The molecule has 0 saturated heterocycles. The van der Waals surface area contributed by atoms with Gasteiger partial charge in [0.1, 0.15) is 5.82 Å². The largest absolute Gasteiger partial charge is 0.331 e. The zero-order valence-corrected chi connectivity index (χ0v) is 13.8. The van der Waals surface area contributed by atoms with Crippen LogP contribution in [-0.4, -0.2) is 9.55 Å². The Morgan fingerprint density at radius 3 is 2.35 bits per heavy atom. The van der Waals surface area contributed by atoms with E-state index in [0.29, 0.717) is 11.8 Å². The first-order chi connectivity index (χ1) is 11.3. The molecule has 4 rings (SSSR count). The second-order valence-corrected chi connectivity index (χ2v) is 6.80. The van der Waals surface area contributed by atoms with Gasteiger partial charge in [-0.2, -0.15) is 0 Å². The van der Waals surface area contributed by atoms with Gasteiger partial charge in [0.2, 0.25) is 0 Å². The van der Waals surface area contributed by atoms with Crippen molar-refractivity contribution in [2.24, 2.45) is 13.0 Å². The summed E-state index contributed by atoms with van der Waals surface area (Å²) in [5, 5.41) is 0.